The molecule has 0 radical (unpaired) electrons. The van der Waals surface area contributed by atoms with E-state index >= 15 is 0 Å². The maximum Gasteiger partial charge on any atom is 0.215 e. The molecule has 6 nitrogen and oxygen atoms in total. The average molecular weight is 432 g/mol. The molecule has 32 heavy (non-hydrogen) atoms. The highest BCUT2D eigenvalue weighted by Crippen LogP contribution is 2.28. The van der Waals surface area contributed by atoms with Crippen LogP contribution in [0.2, 0.25) is 0 Å². The van der Waals surface area contributed by atoms with Gasteiger partial charge >= 0.3 is 0 Å². The van der Waals surface area contributed by atoms with E-state index in [1.807, 2.05) is 6.08 Å². The summed E-state index contributed by atoms with van der Waals surface area (Å²) in [6.07, 6.45) is 14.5. The minimum Gasteiger partial charge on any atom is -0.481 e. The van der Waals surface area contributed by atoms with Crippen molar-refractivity contribution < 1.29 is 4.74 Å². The molecule has 1 aliphatic rings. The van der Waals surface area contributed by atoms with Crippen molar-refractivity contribution in [1.82, 2.24) is 19.5 Å². The molecule has 0 unspecified atom stereocenters. The first-order valence-electron chi connectivity index (χ1n) is 11.8. The molecule has 3 aromatic rings. The van der Waals surface area contributed by atoms with Crippen molar-refractivity contribution in [3.63, 3.8) is 0 Å². The van der Waals surface area contributed by atoms with E-state index in [2.05, 4.69) is 45.5 Å². The SMILES string of the molecule is COc1cc2nc(/C(C#N)=C/c3cc(C)n(CC4CCCCCCCC4)c3C)[nH]c2cn1. The molecule has 0 aliphatic heterocycles. The van der Waals surface area contributed by atoms with Crippen molar-refractivity contribution in [2.24, 2.45) is 5.92 Å². The Bertz CT molecular complexity index is 1140. The topological polar surface area (TPSA) is 79.5 Å². The van der Waals surface area contributed by atoms with Crippen molar-refractivity contribution in [1.29, 1.82) is 5.26 Å². The molecule has 0 aromatic carbocycles. The summed E-state index contributed by atoms with van der Waals surface area (Å²) in [5, 5.41) is 9.85. The lowest BCUT2D eigenvalue weighted by Crippen LogP contribution is -2.13. The summed E-state index contributed by atoms with van der Waals surface area (Å²) < 4.78 is 7.62. The third-order valence-electron chi connectivity index (χ3n) is 6.76. The second-order valence-electron chi connectivity index (χ2n) is 9.00. The number of aryl methyl sites for hydroxylation is 1. The summed E-state index contributed by atoms with van der Waals surface area (Å²) in [5.74, 6) is 1.80. The molecule has 6 heteroatoms. The van der Waals surface area contributed by atoms with Gasteiger partial charge in [0.05, 0.1) is 29.9 Å². The number of fused-ring (bicyclic) bond motifs is 1. The minimum absolute atomic E-state index is 0.506. The van der Waals surface area contributed by atoms with Gasteiger partial charge in [0.25, 0.3) is 0 Å². The molecule has 0 bridgehead atoms. The zero-order valence-electron chi connectivity index (χ0n) is 19.4. The number of nitrogens with zero attached hydrogens (tertiary/aromatic N) is 4. The summed E-state index contributed by atoms with van der Waals surface area (Å²) in [6.45, 7) is 5.41. The van der Waals surface area contributed by atoms with Crippen LogP contribution in [0.5, 0.6) is 5.88 Å². The van der Waals surface area contributed by atoms with E-state index < -0.39 is 0 Å². The van der Waals surface area contributed by atoms with Crippen LogP contribution < -0.4 is 4.74 Å². The van der Waals surface area contributed by atoms with Gasteiger partial charge in [-0.15, -0.1) is 0 Å². The predicted octanol–water partition coefficient (Wildman–Crippen LogP) is 6.20. The normalized spacial score (nSPS) is 16.4. The number of pyridine rings is 1. The number of methoxy groups -OCH3 is 1. The Morgan fingerprint density at radius 1 is 1.19 bits per heavy atom. The smallest absolute Gasteiger partial charge is 0.215 e. The second kappa shape index (κ2) is 10.0. The Morgan fingerprint density at radius 2 is 1.91 bits per heavy atom. The lowest BCUT2D eigenvalue weighted by atomic mass is 9.96. The maximum atomic E-state index is 9.85. The van der Waals surface area contributed by atoms with Crippen LogP contribution in [0.15, 0.2) is 18.3 Å². The molecule has 0 spiro atoms. The Hall–Kier alpha value is -3.07. The monoisotopic (exact) mass is 431 g/mol. The number of nitrogens with one attached hydrogen (secondary N) is 1. The van der Waals surface area contributed by atoms with Crippen molar-refractivity contribution in [3.8, 4) is 11.9 Å². The van der Waals surface area contributed by atoms with Gasteiger partial charge in [-0.05, 0) is 50.3 Å². The minimum atomic E-state index is 0.506. The van der Waals surface area contributed by atoms with Crippen molar-refractivity contribution in [2.75, 3.05) is 7.11 Å². The Morgan fingerprint density at radius 3 is 2.59 bits per heavy atom. The molecule has 3 heterocycles. The first kappa shape index (κ1) is 22.1. The van der Waals surface area contributed by atoms with Gasteiger partial charge in [0, 0.05) is 24.0 Å². The lowest BCUT2D eigenvalue weighted by Gasteiger charge is -2.19. The molecular weight excluding hydrogens is 398 g/mol. The van der Waals surface area contributed by atoms with Gasteiger partial charge < -0.3 is 14.3 Å². The number of H-pyrrole nitrogens is 1. The highest BCUT2D eigenvalue weighted by atomic mass is 16.5. The molecule has 0 atom stereocenters. The van der Waals surface area contributed by atoms with Crippen LogP contribution in [-0.4, -0.2) is 26.6 Å². The van der Waals surface area contributed by atoms with Crippen LogP contribution in [0.3, 0.4) is 0 Å². The van der Waals surface area contributed by atoms with Crippen LogP contribution in [0.4, 0.5) is 0 Å². The summed E-state index contributed by atoms with van der Waals surface area (Å²) in [5.41, 5.74) is 5.59. The number of rotatable bonds is 5. The summed E-state index contributed by atoms with van der Waals surface area (Å²) in [7, 11) is 1.58. The fraction of sp³-hybridized carbons (Fsp3) is 0.500. The molecular formula is C26H33N5O. The van der Waals surface area contributed by atoms with Crippen LogP contribution in [-0.2, 0) is 6.54 Å². The number of aromatic amines is 1. The summed E-state index contributed by atoms with van der Waals surface area (Å²) >= 11 is 0. The van der Waals surface area contributed by atoms with E-state index in [1.54, 1.807) is 19.4 Å². The molecule has 168 valence electrons. The first-order chi connectivity index (χ1) is 15.6. The van der Waals surface area contributed by atoms with Gasteiger partial charge in [-0.1, -0.05) is 38.5 Å². The zero-order chi connectivity index (χ0) is 22.5. The number of hydrogen-bond donors (Lipinski definition) is 1. The second-order valence-corrected chi connectivity index (χ2v) is 9.00. The van der Waals surface area contributed by atoms with E-state index in [9.17, 15) is 5.26 Å². The quantitative estimate of drug-likeness (QED) is 0.488. The average Bonchev–Trinajstić information content (AvgIpc) is 3.37. The van der Waals surface area contributed by atoms with Gasteiger partial charge in [-0.2, -0.15) is 5.26 Å². The number of nitriles is 1. The highest BCUT2D eigenvalue weighted by Gasteiger charge is 2.16. The maximum absolute atomic E-state index is 9.85. The first-order valence-corrected chi connectivity index (χ1v) is 11.8. The van der Waals surface area contributed by atoms with Crippen LogP contribution in [0.25, 0.3) is 22.7 Å². The van der Waals surface area contributed by atoms with Gasteiger partial charge in [0.1, 0.15) is 11.9 Å². The summed E-state index contributed by atoms with van der Waals surface area (Å²) in [4.78, 5) is 12.0. The number of ether oxygens (including phenoxy) is 1. The molecule has 1 fully saturated rings. The van der Waals surface area contributed by atoms with Crippen LogP contribution >= 0.6 is 0 Å². The lowest BCUT2D eigenvalue weighted by molar-refractivity contribution is 0.367. The fourth-order valence-electron chi connectivity index (χ4n) is 4.85. The fourth-order valence-corrected chi connectivity index (χ4v) is 4.85. The molecule has 4 rings (SSSR count). The van der Waals surface area contributed by atoms with Crippen molar-refractivity contribution in [2.45, 2.75) is 71.8 Å². The number of aromatic nitrogens is 4. The van der Waals surface area contributed by atoms with Crippen LogP contribution in [0.1, 0.15) is 74.1 Å². The number of allylic oxidation sites excluding steroid dienone is 1. The third kappa shape index (κ3) is 4.88. The van der Waals surface area contributed by atoms with E-state index in [-0.39, 0.29) is 0 Å². The van der Waals surface area contributed by atoms with Crippen molar-refractivity contribution >= 4 is 22.7 Å². The molecule has 0 amide bonds. The standard InChI is InChI=1S/C26H33N5O/c1-18-12-21(19(2)31(18)17-20-10-8-6-4-5-7-9-11-20)13-22(15-27)26-29-23-14-25(32-3)28-16-24(23)30-26/h12-14,16,20H,4-11,17H2,1-3H3,(H,29,30)/b22-13+. The van der Waals surface area contributed by atoms with Crippen LogP contribution in [0, 0.1) is 31.1 Å². The van der Waals surface area contributed by atoms with Gasteiger partial charge in [0.2, 0.25) is 5.88 Å². The molecule has 1 aliphatic carbocycles. The largest absolute Gasteiger partial charge is 0.481 e. The zero-order valence-corrected chi connectivity index (χ0v) is 19.4. The van der Waals surface area contributed by atoms with Gasteiger partial charge in [-0.25, -0.2) is 9.97 Å². The number of hydrogen-bond acceptors (Lipinski definition) is 4. The Labute approximate surface area is 190 Å². The molecule has 3 aromatic heterocycles. The Balaban J connectivity index is 1.59. The molecule has 1 N–H and O–H groups in total. The number of imidazole rings is 1. The van der Waals surface area contributed by atoms with Gasteiger partial charge in [-0.3, -0.25) is 0 Å². The van der Waals surface area contributed by atoms with E-state index in [1.165, 1.54) is 62.8 Å². The molecule has 1 saturated carbocycles. The third-order valence-corrected chi connectivity index (χ3v) is 6.76. The highest BCUT2D eigenvalue weighted by molar-refractivity contribution is 5.90. The predicted molar refractivity (Wildman–Crippen MR) is 128 cm³/mol. The van der Waals surface area contributed by atoms with E-state index in [4.69, 9.17) is 4.74 Å². The van der Waals surface area contributed by atoms with E-state index in [0.29, 0.717) is 17.3 Å². The Kier molecular flexibility index (Phi) is 6.94. The molecule has 0 saturated heterocycles. The van der Waals surface area contributed by atoms with Crippen molar-refractivity contribution in [3.05, 3.63) is 41.1 Å². The van der Waals surface area contributed by atoms with Gasteiger partial charge in [0.15, 0.2) is 0 Å². The van der Waals surface area contributed by atoms with E-state index in [0.717, 1.165) is 29.1 Å². The summed E-state index contributed by atoms with van der Waals surface area (Å²) in [6, 6.07) is 6.28.